The maximum absolute atomic E-state index is 7.42. The molecule has 0 fully saturated rings. The van der Waals surface area contributed by atoms with Crippen LogP contribution in [0.2, 0.25) is 0 Å². The van der Waals surface area contributed by atoms with Crippen molar-refractivity contribution in [1.82, 2.24) is 0 Å². The second kappa shape index (κ2) is 5.87. The topological polar surface area (TPSA) is 59.1 Å². The van der Waals surface area contributed by atoms with E-state index in [0.29, 0.717) is 0 Å². The highest BCUT2D eigenvalue weighted by Crippen LogP contribution is 2.15. The highest BCUT2D eigenvalue weighted by molar-refractivity contribution is 5.95. The number of hydrogen-bond donors (Lipinski definition) is 2. The van der Waals surface area contributed by atoms with Crippen LogP contribution in [0.3, 0.4) is 0 Å². The van der Waals surface area contributed by atoms with Crippen molar-refractivity contribution in [2.45, 2.75) is 0 Å². The zero-order valence-electron chi connectivity index (χ0n) is 10.8. The molecule has 96 valence electrons. The number of ether oxygens (including phenoxy) is 1. The second-order valence-electron chi connectivity index (χ2n) is 4.15. The summed E-state index contributed by atoms with van der Waals surface area (Å²) in [5, 5.41) is 7.42. The molecule has 0 atom stereocenters. The fourth-order valence-corrected chi connectivity index (χ4v) is 1.75. The Bertz CT molecular complexity index is 618. The zero-order valence-corrected chi connectivity index (χ0v) is 10.8. The fraction of sp³-hybridized carbons (Fsp3) is 0.0625. The highest BCUT2D eigenvalue weighted by Gasteiger charge is 1.96. The van der Waals surface area contributed by atoms with Gasteiger partial charge in [-0.3, -0.25) is 5.41 Å². The monoisotopic (exact) mass is 252 g/mol. The standard InChI is InChI=1S/C16H16N2O/c1-19-15-7-3-5-13(11-15)9-8-12-4-2-6-14(10-12)16(17)18/h2-11H,1H3,(H3,17,18). The summed E-state index contributed by atoms with van der Waals surface area (Å²) in [6.07, 6.45) is 3.99. The normalized spacial score (nSPS) is 10.6. The minimum absolute atomic E-state index is 0.0802. The van der Waals surface area contributed by atoms with Crippen molar-refractivity contribution in [3.05, 3.63) is 65.2 Å². The first-order chi connectivity index (χ1) is 9.19. The van der Waals surface area contributed by atoms with Crippen LogP contribution in [-0.2, 0) is 0 Å². The third-order valence-corrected chi connectivity index (χ3v) is 2.76. The molecule has 0 heterocycles. The molecule has 0 bridgehead atoms. The average molecular weight is 252 g/mol. The van der Waals surface area contributed by atoms with Crippen LogP contribution in [0.15, 0.2) is 48.5 Å². The van der Waals surface area contributed by atoms with Crippen molar-refractivity contribution < 1.29 is 4.74 Å². The molecule has 0 unspecified atom stereocenters. The van der Waals surface area contributed by atoms with Gasteiger partial charge in [-0.2, -0.15) is 0 Å². The molecule has 0 amide bonds. The second-order valence-corrected chi connectivity index (χ2v) is 4.15. The van der Waals surface area contributed by atoms with E-state index in [-0.39, 0.29) is 5.84 Å². The summed E-state index contributed by atoms with van der Waals surface area (Å²) in [5.41, 5.74) is 8.27. The molecule has 3 heteroatoms. The Kier molecular flexibility index (Phi) is 3.98. The number of nitrogen functional groups attached to an aromatic ring is 1. The zero-order chi connectivity index (χ0) is 13.7. The fourth-order valence-electron chi connectivity index (χ4n) is 1.75. The van der Waals surface area contributed by atoms with Crippen LogP contribution in [0.25, 0.3) is 12.2 Å². The van der Waals surface area contributed by atoms with Crippen LogP contribution in [0.4, 0.5) is 0 Å². The van der Waals surface area contributed by atoms with Crippen LogP contribution in [0.1, 0.15) is 16.7 Å². The molecule has 0 radical (unpaired) electrons. The van der Waals surface area contributed by atoms with E-state index in [9.17, 15) is 0 Å². The SMILES string of the molecule is COc1cccc(C=Cc2cccc(C(=N)N)c2)c1. The van der Waals surface area contributed by atoms with Gasteiger partial charge in [-0.1, -0.05) is 42.5 Å². The van der Waals surface area contributed by atoms with Gasteiger partial charge >= 0.3 is 0 Å². The quantitative estimate of drug-likeness (QED) is 0.499. The third kappa shape index (κ3) is 3.45. The van der Waals surface area contributed by atoms with Crippen LogP contribution in [0, 0.1) is 5.41 Å². The highest BCUT2D eigenvalue weighted by atomic mass is 16.5. The van der Waals surface area contributed by atoms with Gasteiger partial charge in [0.25, 0.3) is 0 Å². The molecule has 0 aliphatic carbocycles. The lowest BCUT2D eigenvalue weighted by molar-refractivity contribution is 0.414. The number of methoxy groups -OCH3 is 1. The summed E-state index contributed by atoms with van der Waals surface area (Å²) >= 11 is 0. The van der Waals surface area contributed by atoms with E-state index in [1.165, 1.54) is 0 Å². The molecular weight excluding hydrogens is 236 g/mol. The number of hydrogen-bond acceptors (Lipinski definition) is 2. The molecule has 0 aromatic heterocycles. The van der Waals surface area contributed by atoms with Crippen LogP contribution in [0.5, 0.6) is 5.75 Å². The Balaban J connectivity index is 2.22. The molecule has 2 aromatic carbocycles. The van der Waals surface area contributed by atoms with Gasteiger partial charge in [-0.05, 0) is 29.3 Å². The van der Waals surface area contributed by atoms with Gasteiger partial charge in [-0.25, -0.2) is 0 Å². The molecule has 0 aliphatic rings. The Morgan fingerprint density at radius 3 is 2.32 bits per heavy atom. The van der Waals surface area contributed by atoms with Gasteiger partial charge in [0.05, 0.1) is 7.11 Å². The maximum Gasteiger partial charge on any atom is 0.122 e. The lowest BCUT2D eigenvalue weighted by Crippen LogP contribution is -2.10. The van der Waals surface area contributed by atoms with E-state index in [2.05, 4.69) is 0 Å². The van der Waals surface area contributed by atoms with Crippen molar-refractivity contribution in [3.63, 3.8) is 0 Å². The van der Waals surface area contributed by atoms with Gasteiger partial charge < -0.3 is 10.5 Å². The first-order valence-electron chi connectivity index (χ1n) is 5.95. The Labute approximate surface area is 112 Å². The number of rotatable bonds is 4. The molecule has 0 saturated carbocycles. The maximum atomic E-state index is 7.42. The summed E-state index contributed by atoms with van der Waals surface area (Å²) in [7, 11) is 1.65. The minimum atomic E-state index is 0.0802. The predicted molar refractivity (Wildman–Crippen MR) is 79.4 cm³/mol. The predicted octanol–water partition coefficient (Wildman–Crippen LogP) is 3.15. The van der Waals surface area contributed by atoms with Gasteiger partial charge in [-0.15, -0.1) is 0 Å². The third-order valence-electron chi connectivity index (χ3n) is 2.76. The number of nitrogens with one attached hydrogen (secondary N) is 1. The number of nitrogens with two attached hydrogens (primary N) is 1. The van der Waals surface area contributed by atoms with Crippen molar-refractivity contribution in [1.29, 1.82) is 5.41 Å². The molecule has 3 N–H and O–H groups in total. The first kappa shape index (κ1) is 12.9. The summed E-state index contributed by atoms with van der Waals surface area (Å²) in [6.45, 7) is 0. The molecule has 3 nitrogen and oxygen atoms in total. The molecule has 0 aliphatic heterocycles. The first-order valence-corrected chi connectivity index (χ1v) is 5.95. The van der Waals surface area contributed by atoms with E-state index < -0.39 is 0 Å². The summed E-state index contributed by atoms with van der Waals surface area (Å²) in [5.74, 6) is 0.913. The van der Waals surface area contributed by atoms with Gasteiger partial charge in [0, 0.05) is 5.56 Å². The van der Waals surface area contributed by atoms with Crippen molar-refractivity contribution >= 4 is 18.0 Å². The van der Waals surface area contributed by atoms with Crippen molar-refractivity contribution in [2.24, 2.45) is 5.73 Å². The Morgan fingerprint density at radius 2 is 1.68 bits per heavy atom. The smallest absolute Gasteiger partial charge is 0.122 e. The molecular formula is C16H16N2O. The van der Waals surface area contributed by atoms with E-state index >= 15 is 0 Å². The largest absolute Gasteiger partial charge is 0.497 e. The summed E-state index contributed by atoms with van der Waals surface area (Å²) in [6, 6.07) is 15.4. The molecule has 0 spiro atoms. The van der Waals surface area contributed by atoms with E-state index in [4.69, 9.17) is 15.9 Å². The molecule has 19 heavy (non-hydrogen) atoms. The Hall–Kier alpha value is -2.55. The Morgan fingerprint density at radius 1 is 1.05 bits per heavy atom. The van der Waals surface area contributed by atoms with E-state index in [1.807, 2.05) is 60.7 Å². The number of amidine groups is 1. The summed E-state index contributed by atoms with van der Waals surface area (Å²) < 4.78 is 5.18. The van der Waals surface area contributed by atoms with Crippen molar-refractivity contribution in [3.8, 4) is 5.75 Å². The minimum Gasteiger partial charge on any atom is -0.497 e. The lowest BCUT2D eigenvalue weighted by atomic mass is 10.1. The van der Waals surface area contributed by atoms with Crippen molar-refractivity contribution in [2.75, 3.05) is 7.11 Å². The number of benzene rings is 2. The average Bonchev–Trinajstić information content (AvgIpc) is 2.45. The molecule has 2 aromatic rings. The lowest BCUT2D eigenvalue weighted by Gasteiger charge is -2.01. The van der Waals surface area contributed by atoms with Crippen LogP contribution < -0.4 is 10.5 Å². The van der Waals surface area contributed by atoms with Crippen LogP contribution >= 0.6 is 0 Å². The molecule has 0 saturated heterocycles. The van der Waals surface area contributed by atoms with E-state index in [0.717, 1.165) is 22.4 Å². The summed E-state index contributed by atoms with van der Waals surface area (Å²) in [4.78, 5) is 0. The van der Waals surface area contributed by atoms with Gasteiger partial charge in [0.1, 0.15) is 11.6 Å². The van der Waals surface area contributed by atoms with Gasteiger partial charge in [0.2, 0.25) is 0 Å². The van der Waals surface area contributed by atoms with Crippen LogP contribution in [-0.4, -0.2) is 12.9 Å². The van der Waals surface area contributed by atoms with E-state index in [1.54, 1.807) is 7.11 Å². The molecule has 2 rings (SSSR count). The van der Waals surface area contributed by atoms with Gasteiger partial charge in [0.15, 0.2) is 0 Å².